The van der Waals surface area contributed by atoms with Gasteiger partial charge in [-0.3, -0.25) is 4.21 Å². The van der Waals surface area contributed by atoms with Crippen LogP contribution in [0.15, 0.2) is 59.5 Å². The molecule has 0 saturated heterocycles. The first-order valence-electron chi connectivity index (χ1n) is 7.85. The first kappa shape index (κ1) is 17.7. The lowest BCUT2D eigenvalue weighted by molar-refractivity contribution is 0.201. The maximum atomic E-state index is 12.4. The summed E-state index contributed by atoms with van der Waals surface area (Å²) >= 11 is 1.32. The fourth-order valence-electron chi connectivity index (χ4n) is 2.27. The van der Waals surface area contributed by atoms with Crippen LogP contribution in [0.25, 0.3) is 0 Å². The van der Waals surface area contributed by atoms with Gasteiger partial charge in [0.05, 0.1) is 23.2 Å². The molecule has 1 unspecified atom stereocenters. The monoisotopic (exact) mass is 373 g/mol. The summed E-state index contributed by atoms with van der Waals surface area (Å²) in [5, 5.41) is 4.00. The van der Waals surface area contributed by atoms with Crippen molar-refractivity contribution in [1.29, 1.82) is 0 Å². The summed E-state index contributed by atoms with van der Waals surface area (Å²) < 4.78 is 21.8. The van der Waals surface area contributed by atoms with Crippen LogP contribution in [0.2, 0.25) is 0 Å². The van der Waals surface area contributed by atoms with Crippen LogP contribution in [0.5, 0.6) is 0 Å². The lowest BCUT2D eigenvalue weighted by atomic mass is 10.2. The predicted molar refractivity (Wildman–Crippen MR) is 102 cm³/mol. The molecule has 5 nitrogen and oxygen atoms in total. The second-order valence-electron chi connectivity index (χ2n) is 5.39. The van der Waals surface area contributed by atoms with Crippen LogP contribution >= 0.6 is 11.5 Å². The van der Waals surface area contributed by atoms with Gasteiger partial charge in [-0.2, -0.15) is 4.37 Å². The molecule has 0 aliphatic carbocycles. The van der Waals surface area contributed by atoms with Gasteiger partial charge >= 0.3 is 0 Å². The molecule has 7 heteroatoms. The molecule has 0 saturated carbocycles. The van der Waals surface area contributed by atoms with E-state index in [-0.39, 0.29) is 0 Å². The Kier molecular flexibility index (Phi) is 6.27. The van der Waals surface area contributed by atoms with Crippen molar-refractivity contribution in [3.05, 3.63) is 66.0 Å². The minimum Gasteiger partial charge on any atom is -0.384 e. The highest BCUT2D eigenvalue weighted by Crippen LogP contribution is 2.21. The van der Waals surface area contributed by atoms with Gasteiger partial charge in [0.1, 0.15) is 5.82 Å². The van der Waals surface area contributed by atoms with E-state index in [9.17, 15) is 4.21 Å². The highest BCUT2D eigenvalue weighted by atomic mass is 32.2. The van der Waals surface area contributed by atoms with Crippen LogP contribution in [0.4, 0.5) is 10.8 Å². The molecule has 3 rings (SSSR count). The Hall–Kier alpha value is -2.09. The van der Waals surface area contributed by atoms with Gasteiger partial charge in [-0.05, 0) is 29.8 Å². The molecule has 0 spiro atoms. The van der Waals surface area contributed by atoms with Crippen molar-refractivity contribution in [2.75, 3.05) is 19.0 Å². The van der Waals surface area contributed by atoms with Crippen LogP contribution in [0.1, 0.15) is 11.4 Å². The summed E-state index contributed by atoms with van der Waals surface area (Å²) in [6.45, 7) is 0.608. The van der Waals surface area contributed by atoms with E-state index in [4.69, 9.17) is 4.74 Å². The van der Waals surface area contributed by atoms with Crippen molar-refractivity contribution >= 4 is 33.2 Å². The van der Waals surface area contributed by atoms with Gasteiger partial charge in [0.15, 0.2) is 0 Å². The Morgan fingerprint density at radius 2 is 2.00 bits per heavy atom. The van der Waals surface area contributed by atoms with E-state index >= 15 is 0 Å². The lowest BCUT2D eigenvalue weighted by Gasteiger charge is -2.06. The van der Waals surface area contributed by atoms with Crippen molar-refractivity contribution in [2.24, 2.45) is 0 Å². The third kappa shape index (κ3) is 5.19. The van der Waals surface area contributed by atoms with Crippen molar-refractivity contribution in [3.8, 4) is 0 Å². The van der Waals surface area contributed by atoms with Crippen molar-refractivity contribution in [1.82, 2.24) is 9.36 Å². The number of ether oxygens (including phenoxy) is 1. The largest absolute Gasteiger partial charge is 0.384 e. The number of hydrogen-bond acceptors (Lipinski definition) is 6. The fourth-order valence-corrected chi connectivity index (χ4v) is 4.01. The van der Waals surface area contributed by atoms with E-state index in [0.29, 0.717) is 18.8 Å². The number of aromatic nitrogens is 2. The van der Waals surface area contributed by atoms with Gasteiger partial charge in [0.25, 0.3) is 0 Å². The van der Waals surface area contributed by atoms with E-state index in [1.54, 1.807) is 7.11 Å². The van der Waals surface area contributed by atoms with Crippen LogP contribution in [0.3, 0.4) is 0 Å². The normalized spacial score (nSPS) is 12.0. The molecule has 0 radical (unpaired) electrons. The molecule has 0 fully saturated rings. The fraction of sp³-hybridized carbons (Fsp3) is 0.222. The topological polar surface area (TPSA) is 64.1 Å². The van der Waals surface area contributed by atoms with Crippen LogP contribution in [-0.4, -0.2) is 27.3 Å². The maximum Gasteiger partial charge on any atom is 0.207 e. The lowest BCUT2D eigenvalue weighted by Crippen LogP contribution is -1.98. The molecule has 25 heavy (non-hydrogen) atoms. The average molecular weight is 374 g/mol. The molecular weight excluding hydrogens is 354 g/mol. The molecule has 0 aliphatic rings. The van der Waals surface area contributed by atoms with Gasteiger partial charge in [0.2, 0.25) is 5.13 Å². The maximum absolute atomic E-state index is 12.4. The second-order valence-corrected chi connectivity index (χ2v) is 7.59. The third-order valence-electron chi connectivity index (χ3n) is 3.48. The minimum atomic E-state index is -1.06. The molecule has 3 aromatic rings. The van der Waals surface area contributed by atoms with Gasteiger partial charge in [0, 0.05) is 35.6 Å². The standard InChI is InChI=1S/C18H19N3O2S2/c1-23-11-10-17-20-18(24-21-17)19-15-7-5-6-14(12-15)13-25(22)16-8-3-2-4-9-16/h2-9,12H,10-11,13H2,1H3,(H,19,20,21). The molecule has 0 aliphatic heterocycles. The number of methoxy groups -OCH3 is 1. The molecule has 130 valence electrons. The van der Waals surface area contributed by atoms with Gasteiger partial charge in [-0.1, -0.05) is 30.3 Å². The molecule has 1 atom stereocenters. The summed E-state index contributed by atoms with van der Waals surface area (Å²) in [5.74, 6) is 1.25. The Labute approximate surface area is 153 Å². The number of hydrogen-bond donors (Lipinski definition) is 1. The Balaban J connectivity index is 1.65. The van der Waals surface area contributed by atoms with Crippen molar-refractivity contribution < 1.29 is 8.95 Å². The van der Waals surface area contributed by atoms with E-state index in [2.05, 4.69) is 14.7 Å². The number of rotatable bonds is 8. The zero-order chi connectivity index (χ0) is 17.5. The van der Waals surface area contributed by atoms with Gasteiger partial charge in [-0.25, -0.2) is 4.98 Å². The van der Waals surface area contributed by atoms with E-state index in [1.807, 2.05) is 54.6 Å². The second kappa shape index (κ2) is 8.84. The highest BCUT2D eigenvalue weighted by Gasteiger charge is 2.07. The molecule has 1 aromatic heterocycles. The Morgan fingerprint density at radius 1 is 1.16 bits per heavy atom. The van der Waals surface area contributed by atoms with Gasteiger partial charge in [-0.15, -0.1) is 0 Å². The average Bonchev–Trinajstić information content (AvgIpc) is 3.08. The third-order valence-corrected chi connectivity index (χ3v) is 5.54. The number of benzene rings is 2. The smallest absolute Gasteiger partial charge is 0.207 e. The quantitative estimate of drug-likeness (QED) is 0.651. The molecular formula is C18H19N3O2S2. The number of nitrogens with one attached hydrogen (secondary N) is 1. The SMILES string of the molecule is COCCc1nsc(Nc2cccc(CS(=O)c3ccccc3)c2)n1. The highest BCUT2D eigenvalue weighted by molar-refractivity contribution is 7.84. The zero-order valence-electron chi connectivity index (χ0n) is 13.8. The molecule has 0 bridgehead atoms. The minimum absolute atomic E-state index is 0.481. The molecule has 2 aromatic carbocycles. The van der Waals surface area contributed by atoms with E-state index in [1.165, 1.54) is 11.5 Å². The van der Waals surface area contributed by atoms with Crippen LogP contribution in [-0.2, 0) is 27.7 Å². The Morgan fingerprint density at radius 3 is 2.80 bits per heavy atom. The summed E-state index contributed by atoms with van der Waals surface area (Å²) in [4.78, 5) is 5.28. The Bertz CT molecular complexity index is 837. The number of nitrogens with zero attached hydrogens (tertiary/aromatic N) is 2. The predicted octanol–water partition coefficient (Wildman–Crippen LogP) is 3.78. The first-order chi connectivity index (χ1) is 12.2. The van der Waals surface area contributed by atoms with Crippen molar-refractivity contribution in [2.45, 2.75) is 17.1 Å². The van der Waals surface area contributed by atoms with E-state index < -0.39 is 10.8 Å². The summed E-state index contributed by atoms with van der Waals surface area (Å²) in [6.07, 6.45) is 0.699. The zero-order valence-corrected chi connectivity index (χ0v) is 15.5. The van der Waals surface area contributed by atoms with Crippen LogP contribution in [0, 0.1) is 0 Å². The van der Waals surface area contributed by atoms with E-state index in [0.717, 1.165) is 27.1 Å². The van der Waals surface area contributed by atoms with Crippen molar-refractivity contribution in [3.63, 3.8) is 0 Å². The first-order valence-corrected chi connectivity index (χ1v) is 9.95. The number of anilines is 2. The van der Waals surface area contributed by atoms with Gasteiger partial charge < -0.3 is 10.1 Å². The summed E-state index contributed by atoms with van der Waals surface area (Å²) in [5.41, 5.74) is 1.92. The summed E-state index contributed by atoms with van der Waals surface area (Å²) in [7, 11) is 0.607. The van der Waals surface area contributed by atoms with Crippen LogP contribution < -0.4 is 5.32 Å². The molecule has 1 heterocycles. The molecule has 0 amide bonds. The summed E-state index contributed by atoms with van der Waals surface area (Å²) in [6, 6.07) is 17.4. The molecule has 1 N–H and O–H groups in total.